The third-order valence-electron chi connectivity index (χ3n) is 4.00. The van der Waals surface area contributed by atoms with Gasteiger partial charge in [-0.2, -0.15) is 0 Å². The number of nitrogens with zero attached hydrogens (tertiary/aromatic N) is 1. The van der Waals surface area contributed by atoms with Crippen LogP contribution >= 0.6 is 0 Å². The number of nitrogens with one attached hydrogen (secondary N) is 1. The van der Waals surface area contributed by atoms with E-state index in [2.05, 4.69) is 5.32 Å². The van der Waals surface area contributed by atoms with Crippen molar-refractivity contribution in [1.82, 2.24) is 0 Å². The predicted molar refractivity (Wildman–Crippen MR) is 101 cm³/mol. The van der Waals surface area contributed by atoms with E-state index in [9.17, 15) is 19.7 Å². The molecule has 3 aromatic rings. The van der Waals surface area contributed by atoms with Gasteiger partial charge in [-0.15, -0.1) is 0 Å². The number of carbonyl (C=O) groups is 2. The molecule has 1 amide bonds. The Kier molecular flexibility index (Phi) is 5.12. The molecule has 1 N–H and O–H groups in total. The van der Waals surface area contributed by atoms with Crippen LogP contribution in [0.2, 0.25) is 0 Å². The molecule has 1 atom stereocenters. The summed E-state index contributed by atoms with van der Waals surface area (Å²) in [5.74, 6) is -1.30. The molecule has 0 aliphatic carbocycles. The highest BCUT2D eigenvalue weighted by Crippen LogP contribution is 2.23. The maximum Gasteiger partial charge on any atom is 0.338 e. The van der Waals surface area contributed by atoms with Crippen molar-refractivity contribution in [2.24, 2.45) is 0 Å². The van der Waals surface area contributed by atoms with Crippen LogP contribution in [0.5, 0.6) is 0 Å². The van der Waals surface area contributed by atoms with Crippen LogP contribution in [0.1, 0.15) is 17.3 Å². The number of amides is 1. The molecule has 0 fully saturated rings. The van der Waals surface area contributed by atoms with E-state index in [0.717, 1.165) is 10.8 Å². The molecule has 136 valence electrons. The minimum absolute atomic E-state index is 0.0427. The van der Waals surface area contributed by atoms with Gasteiger partial charge in [0, 0.05) is 6.07 Å². The third kappa shape index (κ3) is 4.09. The number of rotatable bonds is 5. The smallest absolute Gasteiger partial charge is 0.338 e. The molecule has 7 heteroatoms. The molecule has 0 spiro atoms. The molecule has 0 aliphatic heterocycles. The first-order chi connectivity index (χ1) is 13.0. The molecule has 3 aromatic carbocycles. The number of hydrogen-bond acceptors (Lipinski definition) is 5. The van der Waals surface area contributed by atoms with Crippen molar-refractivity contribution in [2.75, 3.05) is 5.32 Å². The van der Waals surface area contributed by atoms with E-state index in [1.54, 1.807) is 24.3 Å². The maximum atomic E-state index is 12.3. The van der Waals surface area contributed by atoms with Crippen LogP contribution in [0.3, 0.4) is 0 Å². The van der Waals surface area contributed by atoms with Gasteiger partial charge in [-0.25, -0.2) is 4.79 Å². The monoisotopic (exact) mass is 364 g/mol. The van der Waals surface area contributed by atoms with Crippen LogP contribution in [0.15, 0.2) is 66.7 Å². The molecule has 0 heterocycles. The number of nitro groups is 1. The zero-order valence-corrected chi connectivity index (χ0v) is 14.4. The Morgan fingerprint density at radius 3 is 2.41 bits per heavy atom. The predicted octanol–water partition coefficient (Wildman–Crippen LogP) is 3.93. The number of para-hydroxylation sites is 2. The van der Waals surface area contributed by atoms with Crippen LogP contribution in [0.4, 0.5) is 11.4 Å². The Morgan fingerprint density at radius 2 is 1.67 bits per heavy atom. The highest BCUT2D eigenvalue weighted by molar-refractivity contribution is 6.00. The highest BCUT2D eigenvalue weighted by atomic mass is 16.6. The normalized spacial score (nSPS) is 11.6. The lowest BCUT2D eigenvalue weighted by molar-refractivity contribution is -0.383. The zero-order chi connectivity index (χ0) is 19.4. The van der Waals surface area contributed by atoms with E-state index in [-0.39, 0.29) is 11.4 Å². The van der Waals surface area contributed by atoms with E-state index in [0.29, 0.717) is 5.56 Å². The number of nitro benzene ring substituents is 1. The van der Waals surface area contributed by atoms with Crippen molar-refractivity contribution < 1.29 is 19.2 Å². The summed E-state index contributed by atoms with van der Waals surface area (Å²) in [4.78, 5) is 35.0. The molecular weight excluding hydrogens is 348 g/mol. The summed E-state index contributed by atoms with van der Waals surface area (Å²) < 4.78 is 5.20. The summed E-state index contributed by atoms with van der Waals surface area (Å²) in [7, 11) is 0. The summed E-state index contributed by atoms with van der Waals surface area (Å²) >= 11 is 0. The number of anilines is 1. The lowest BCUT2D eigenvalue weighted by atomic mass is 10.1. The largest absolute Gasteiger partial charge is 0.449 e. The van der Waals surface area contributed by atoms with Gasteiger partial charge in [0.25, 0.3) is 11.6 Å². The van der Waals surface area contributed by atoms with Crippen LogP contribution in [0, 0.1) is 10.1 Å². The molecule has 0 saturated heterocycles. The highest BCUT2D eigenvalue weighted by Gasteiger charge is 2.22. The van der Waals surface area contributed by atoms with E-state index in [4.69, 9.17) is 4.74 Å². The standard InChI is InChI=1S/C20H16N2O5/c1-13(19(23)21-17-8-4-5-9-18(17)22(25)26)27-20(24)16-11-10-14-6-2-3-7-15(14)12-16/h2-13H,1H3,(H,21,23)/t13-/m0/s1. The first-order valence-corrected chi connectivity index (χ1v) is 8.20. The Hall–Kier alpha value is -3.74. The molecule has 7 nitrogen and oxygen atoms in total. The Morgan fingerprint density at radius 1 is 1.00 bits per heavy atom. The van der Waals surface area contributed by atoms with Crippen molar-refractivity contribution in [3.63, 3.8) is 0 Å². The fourth-order valence-electron chi connectivity index (χ4n) is 2.57. The number of ether oxygens (including phenoxy) is 1. The Bertz CT molecular complexity index is 1030. The molecule has 0 bridgehead atoms. The average molecular weight is 364 g/mol. The quantitative estimate of drug-likeness (QED) is 0.420. The van der Waals surface area contributed by atoms with Crippen LogP contribution in [-0.2, 0) is 9.53 Å². The molecular formula is C20H16N2O5. The average Bonchev–Trinajstić information content (AvgIpc) is 2.67. The molecule has 3 rings (SSSR count). The third-order valence-corrected chi connectivity index (χ3v) is 4.00. The van der Waals surface area contributed by atoms with Crippen molar-refractivity contribution in [2.45, 2.75) is 13.0 Å². The minimum atomic E-state index is -1.12. The van der Waals surface area contributed by atoms with Crippen LogP contribution < -0.4 is 5.32 Å². The van der Waals surface area contributed by atoms with Gasteiger partial charge < -0.3 is 10.1 Å². The van der Waals surface area contributed by atoms with E-state index >= 15 is 0 Å². The molecule has 0 radical (unpaired) electrons. The number of carbonyl (C=O) groups excluding carboxylic acids is 2. The molecule has 0 unspecified atom stereocenters. The van der Waals surface area contributed by atoms with Crippen molar-refractivity contribution in [1.29, 1.82) is 0 Å². The first-order valence-electron chi connectivity index (χ1n) is 8.20. The topological polar surface area (TPSA) is 98.5 Å². The van der Waals surface area contributed by atoms with Gasteiger partial charge in [-0.1, -0.05) is 42.5 Å². The van der Waals surface area contributed by atoms with Gasteiger partial charge in [0.15, 0.2) is 6.10 Å². The number of esters is 1. The fourth-order valence-corrected chi connectivity index (χ4v) is 2.57. The van der Waals surface area contributed by atoms with Gasteiger partial charge in [0.05, 0.1) is 10.5 Å². The number of benzene rings is 3. The minimum Gasteiger partial charge on any atom is -0.449 e. The van der Waals surface area contributed by atoms with E-state index in [1.165, 1.54) is 25.1 Å². The lowest BCUT2D eigenvalue weighted by Gasteiger charge is -2.14. The SMILES string of the molecule is C[C@H](OC(=O)c1ccc2ccccc2c1)C(=O)Nc1ccccc1[N+](=O)[O-]. The number of hydrogen-bond donors (Lipinski definition) is 1. The van der Waals surface area contributed by atoms with Crippen molar-refractivity contribution in [3.05, 3.63) is 82.4 Å². The second kappa shape index (κ2) is 7.65. The summed E-state index contributed by atoms with van der Waals surface area (Å²) in [6.45, 7) is 1.41. The maximum absolute atomic E-state index is 12.3. The van der Waals surface area contributed by atoms with E-state index in [1.807, 2.05) is 24.3 Å². The van der Waals surface area contributed by atoms with Crippen molar-refractivity contribution in [3.8, 4) is 0 Å². The van der Waals surface area contributed by atoms with Gasteiger partial charge in [0.2, 0.25) is 0 Å². The first kappa shape index (κ1) is 18.1. The summed E-state index contributed by atoms with van der Waals surface area (Å²) in [5, 5.41) is 15.3. The van der Waals surface area contributed by atoms with E-state index < -0.39 is 22.9 Å². The van der Waals surface area contributed by atoms with Crippen molar-refractivity contribution >= 4 is 34.0 Å². The van der Waals surface area contributed by atoms with Gasteiger partial charge in [-0.05, 0) is 35.9 Å². The zero-order valence-electron chi connectivity index (χ0n) is 14.4. The summed E-state index contributed by atoms with van der Waals surface area (Å²) in [6.07, 6.45) is -1.12. The van der Waals surface area contributed by atoms with Gasteiger partial charge >= 0.3 is 5.97 Å². The molecule has 27 heavy (non-hydrogen) atoms. The fraction of sp³-hybridized carbons (Fsp3) is 0.100. The summed E-state index contributed by atoms with van der Waals surface area (Å²) in [6, 6.07) is 18.4. The molecule has 0 saturated carbocycles. The summed E-state index contributed by atoms with van der Waals surface area (Å²) in [5.41, 5.74) is 0.124. The second-order valence-electron chi connectivity index (χ2n) is 5.87. The Labute approximate surface area is 154 Å². The lowest BCUT2D eigenvalue weighted by Crippen LogP contribution is -2.30. The molecule has 0 aliphatic rings. The second-order valence-corrected chi connectivity index (χ2v) is 5.87. The van der Waals surface area contributed by atoms with Crippen LogP contribution in [-0.4, -0.2) is 22.9 Å². The molecule has 0 aromatic heterocycles. The van der Waals surface area contributed by atoms with Gasteiger partial charge in [0.1, 0.15) is 5.69 Å². The van der Waals surface area contributed by atoms with Gasteiger partial charge in [-0.3, -0.25) is 14.9 Å². The van der Waals surface area contributed by atoms with Crippen LogP contribution in [0.25, 0.3) is 10.8 Å². The Balaban J connectivity index is 1.70. The number of fused-ring (bicyclic) bond motifs is 1.